The van der Waals surface area contributed by atoms with Crippen molar-refractivity contribution in [1.82, 2.24) is 4.90 Å². The fraction of sp³-hybridized carbons (Fsp3) is 0.500. The van der Waals surface area contributed by atoms with Crippen molar-refractivity contribution in [2.75, 3.05) is 18.1 Å². The van der Waals surface area contributed by atoms with Gasteiger partial charge in [-0.3, -0.25) is 9.59 Å². The van der Waals surface area contributed by atoms with Crippen LogP contribution in [0.15, 0.2) is 17.5 Å². The van der Waals surface area contributed by atoms with Crippen molar-refractivity contribution in [3.63, 3.8) is 0 Å². The largest absolute Gasteiger partial charge is 0.480 e. The first-order valence-corrected chi connectivity index (χ1v) is 8.81. The van der Waals surface area contributed by atoms with Gasteiger partial charge in [-0.2, -0.15) is 0 Å². The molecule has 20 heavy (non-hydrogen) atoms. The predicted octanol–water partition coefficient (Wildman–Crippen LogP) is 0.391. The maximum absolute atomic E-state index is 12.2. The number of carbonyl (C=O) groups is 2. The van der Waals surface area contributed by atoms with Crippen molar-refractivity contribution in [3.8, 4) is 0 Å². The molecule has 2 rings (SSSR count). The summed E-state index contributed by atoms with van der Waals surface area (Å²) in [6, 6.07) is 3.09. The Bertz CT molecular complexity index is 593. The minimum Gasteiger partial charge on any atom is -0.480 e. The molecule has 110 valence electrons. The number of carbonyl (C=O) groups excluding carboxylic acids is 1. The Morgan fingerprint density at radius 1 is 1.45 bits per heavy atom. The molecular weight excluding hydrogens is 302 g/mol. The van der Waals surface area contributed by atoms with Crippen LogP contribution < -0.4 is 0 Å². The first-order valence-electron chi connectivity index (χ1n) is 6.11. The van der Waals surface area contributed by atoms with Gasteiger partial charge in [-0.05, 0) is 17.9 Å². The lowest BCUT2D eigenvalue weighted by Gasteiger charge is -2.26. The number of carboxylic acid groups (broad SMARTS) is 1. The van der Waals surface area contributed by atoms with E-state index >= 15 is 0 Å². The number of rotatable bonds is 5. The van der Waals surface area contributed by atoms with Crippen LogP contribution in [0.5, 0.6) is 0 Å². The van der Waals surface area contributed by atoms with E-state index in [0.29, 0.717) is 6.42 Å². The third kappa shape index (κ3) is 3.80. The zero-order valence-corrected chi connectivity index (χ0v) is 12.3. The van der Waals surface area contributed by atoms with Crippen LogP contribution in [-0.2, 0) is 25.8 Å². The first-order chi connectivity index (χ1) is 9.37. The van der Waals surface area contributed by atoms with E-state index in [1.165, 1.54) is 16.2 Å². The Morgan fingerprint density at radius 2 is 2.20 bits per heavy atom. The molecule has 0 aromatic carbocycles. The smallest absolute Gasteiger partial charge is 0.323 e. The topological polar surface area (TPSA) is 91.8 Å². The second-order valence-corrected chi connectivity index (χ2v) is 7.99. The molecule has 0 radical (unpaired) electrons. The lowest BCUT2D eigenvalue weighted by Crippen LogP contribution is -2.44. The number of carboxylic acids is 1. The summed E-state index contributed by atoms with van der Waals surface area (Å²) in [5.74, 6) is -1.60. The fourth-order valence-corrected chi connectivity index (χ4v) is 4.68. The Hall–Kier alpha value is -1.41. The molecule has 6 nitrogen and oxygen atoms in total. The van der Waals surface area contributed by atoms with E-state index in [1.807, 2.05) is 11.4 Å². The summed E-state index contributed by atoms with van der Waals surface area (Å²) in [5.41, 5.74) is 0. The van der Waals surface area contributed by atoms with Gasteiger partial charge >= 0.3 is 5.97 Å². The standard InChI is InChI=1S/C12H15NO5S2/c14-11(6-10-2-1-4-19-10)13(7-12(15)16)9-3-5-20(17,18)8-9/h1-2,4,9H,3,5-8H2,(H,15,16). The van der Waals surface area contributed by atoms with Crippen LogP contribution in [0, 0.1) is 0 Å². The van der Waals surface area contributed by atoms with Crippen LogP contribution in [0.3, 0.4) is 0 Å². The molecule has 0 bridgehead atoms. The van der Waals surface area contributed by atoms with E-state index in [-0.39, 0.29) is 23.8 Å². The molecule has 8 heteroatoms. The van der Waals surface area contributed by atoms with Gasteiger partial charge in [-0.1, -0.05) is 6.07 Å². The van der Waals surface area contributed by atoms with Crippen molar-refractivity contribution in [2.45, 2.75) is 18.9 Å². The van der Waals surface area contributed by atoms with Gasteiger partial charge < -0.3 is 10.0 Å². The molecule has 1 N–H and O–H groups in total. The summed E-state index contributed by atoms with van der Waals surface area (Å²) in [5, 5.41) is 10.7. The molecule has 2 heterocycles. The van der Waals surface area contributed by atoms with Crippen molar-refractivity contribution in [3.05, 3.63) is 22.4 Å². The fourth-order valence-electron chi connectivity index (χ4n) is 2.25. The third-order valence-corrected chi connectivity index (χ3v) is 5.81. The minimum absolute atomic E-state index is 0.0140. The number of hydrogen-bond donors (Lipinski definition) is 1. The van der Waals surface area contributed by atoms with Gasteiger partial charge in [-0.25, -0.2) is 8.42 Å². The summed E-state index contributed by atoms with van der Waals surface area (Å²) in [7, 11) is -3.16. The van der Waals surface area contributed by atoms with Gasteiger partial charge in [0, 0.05) is 10.9 Å². The summed E-state index contributed by atoms with van der Waals surface area (Å²) in [6.45, 7) is -0.454. The molecule has 1 aromatic rings. The van der Waals surface area contributed by atoms with Crippen molar-refractivity contribution < 1.29 is 23.1 Å². The van der Waals surface area contributed by atoms with Gasteiger partial charge in [0.1, 0.15) is 6.54 Å². The van der Waals surface area contributed by atoms with Crippen LogP contribution in [0.4, 0.5) is 0 Å². The van der Waals surface area contributed by atoms with E-state index < -0.39 is 28.4 Å². The summed E-state index contributed by atoms with van der Waals surface area (Å²) in [6.07, 6.45) is 0.424. The van der Waals surface area contributed by atoms with Crippen molar-refractivity contribution in [1.29, 1.82) is 0 Å². The highest BCUT2D eigenvalue weighted by Gasteiger charge is 2.35. The number of thiophene rings is 1. The van der Waals surface area contributed by atoms with E-state index in [0.717, 1.165) is 4.88 Å². The molecule has 1 aromatic heterocycles. The first kappa shape index (κ1) is 15.0. The summed E-state index contributed by atoms with van der Waals surface area (Å²) >= 11 is 1.42. The molecule has 0 aliphatic carbocycles. The molecule has 0 spiro atoms. The zero-order valence-electron chi connectivity index (χ0n) is 10.7. The molecule has 1 aliphatic heterocycles. The Balaban J connectivity index is 2.11. The monoisotopic (exact) mass is 317 g/mol. The van der Waals surface area contributed by atoms with E-state index in [1.54, 1.807) is 6.07 Å². The van der Waals surface area contributed by atoms with Crippen LogP contribution in [-0.4, -0.2) is 54.4 Å². The molecule has 1 saturated heterocycles. The maximum Gasteiger partial charge on any atom is 0.323 e. The average molecular weight is 317 g/mol. The van der Waals surface area contributed by atoms with E-state index in [4.69, 9.17) is 5.11 Å². The molecule has 0 saturated carbocycles. The van der Waals surface area contributed by atoms with Crippen LogP contribution in [0.1, 0.15) is 11.3 Å². The number of hydrogen-bond acceptors (Lipinski definition) is 5. The van der Waals surface area contributed by atoms with Gasteiger partial charge in [0.25, 0.3) is 0 Å². The van der Waals surface area contributed by atoms with E-state index in [2.05, 4.69) is 0 Å². The molecule has 1 amide bonds. The van der Waals surface area contributed by atoms with Gasteiger partial charge in [0.05, 0.1) is 17.9 Å². The zero-order chi connectivity index (χ0) is 14.8. The molecule has 1 atom stereocenters. The normalized spacial score (nSPS) is 20.7. The van der Waals surface area contributed by atoms with Gasteiger partial charge in [-0.15, -0.1) is 11.3 Å². The number of nitrogens with zero attached hydrogens (tertiary/aromatic N) is 1. The molecule has 1 fully saturated rings. The van der Waals surface area contributed by atoms with Gasteiger partial charge in [0.15, 0.2) is 9.84 Å². The molecular formula is C12H15NO5S2. The lowest BCUT2D eigenvalue weighted by atomic mass is 10.2. The van der Waals surface area contributed by atoms with Crippen LogP contribution in [0.25, 0.3) is 0 Å². The highest BCUT2D eigenvalue weighted by atomic mass is 32.2. The molecule has 1 unspecified atom stereocenters. The summed E-state index contributed by atoms with van der Waals surface area (Å²) in [4.78, 5) is 25.1. The third-order valence-electron chi connectivity index (χ3n) is 3.18. The lowest BCUT2D eigenvalue weighted by molar-refractivity contribution is -0.145. The summed E-state index contributed by atoms with van der Waals surface area (Å²) < 4.78 is 23.0. The highest BCUT2D eigenvalue weighted by Crippen LogP contribution is 2.19. The Labute approximate surface area is 120 Å². The predicted molar refractivity (Wildman–Crippen MR) is 74.4 cm³/mol. The highest BCUT2D eigenvalue weighted by molar-refractivity contribution is 7.91. The second-order valence-electron chi connectivity index (χ2n) is 4.73. The van der Waals surface area contributed by atoms with E-state index in [9.17, 15) is 18.0 Å². The number of sulfone groups is 1. The second kappa shape index (κ2) is 5.92. The van der Waals surface area contributed by atoms with Crippen molar-refractivity contribution >= 4 is 33.1 Å². The SMILES string of the molecule is O=C(O)CN(C(=O)Cc1cccs1)C1CCS(=O)(=O)C1. The Morgan fingerprint density at radius 3 is 2.70 bits per heavy atom. The number of amides is 1. The van der Waals surface area contributed by atoms with Crippen LogP contribution in [0.2, 0.25) is 0 Å². The molecule has 1 aliphatic rings. The minimum atomic E-state index is -3.16. The maximum atomic E-state index is 12.2. The Kier molecular flexibility index (Phi) is 4.44. The van der Waals surface area contributed by atoms with Gasteiger partial charge in [0.2, 0.25) is 5.91 Å². The van der Waals surface area contributed by atoms with Crippen molar-refractivity contribution in [2.24, 2.45) is 0 Å². The average Bonchev–Trinajstić information content (AvgIpc) is 2.95. The van der Waals surface area contributed by atoms with Crippen LogP contribution >= 0.6 is 11.3 Å². The quantitative estimate of drug-likeness (QED) is 0.848. The number of aliphatic carboxylic acids is 1.